The maximum atomic E-state index is 5.88. The number of allylic oxidation sites excluding steroid dienone is 4. The Hall–Kier alpha value is -1.70. The normalized spacial score (nSPS) is 19.6. The fraction of sp³-hybridized carbons (Fsp3) is 0.286. The Balaban J connectivity index is 2.39. The Morgan fingerprint density at radius 1 is 1.25 bits per heavy atom. The lowest BCUT2D eigenvalue weighted by Crippen LogP contribution is -2.00. The number of anilines is 2. The first kappa shape index (κ1) is 10.8. The second-order valence-electron chi connectivity index (χ2n) is 4.53. The molecule has 16 heavy (non-hydrogen) atoms. The van der Waals surface area contributed by atoms with Gasteiger partial charge in [-0.3, -0.25) is 0 Å². The number of rotatable bonds is 1. The molecular weight excluding hydrogens is 196 g/mol. The van der Waals surface area contributed by atoms with Crippen molar-refractivity contribution in [2.45, 2.75) is 20.3 Å². The van der Waals surface area contributed by atoms with Crippen molar-refractivity contribution in [1.82, 2.24) is 0 Å². The van der Waals surface area contributed by atoms with E-state index in [1.165, 1.54) is 5.57 Å². The molecule has 0 bridgehead atoms. The van der Waals surface area contributed by atoms with Gasteiger partial charge >= 0.3 is 0 Å². The topological polar surface area (TPSA) is 52.0 Å². The number of hydrogen-bond donors (Lipinski definition) is 2. The highest BCUT2D eigenvalue weighted by Crippen LogP contribution is 2.29. The Kier molecular flexibility index (Phi) is 2.73. The monoisotopic (exact) mass is 214 g/mol. The molecule has 2 rings (SSSR count). The second kappa shape index (κ2) is 4.05. The lowest BCUT2D eigenvalue weighted by molar-refractivity contribution is 0.739. The lowest BCUT2D eigenvalue weighted by atomic mass is 9.93. The van der Waals surface area contributed by atoms with Crippen LogP contribution in [0.4, 0.5) is 11.4 Å². The summed E-state index contributed by atoms with van der Waals surface area (Å²) >= 11 is 0. The number of nitrogen functional groups attached to an aromatic ring is 2. The molecule has 0 aromatic heterocycles. The molecule has 1 aliphatic rings. The number of hydrogen-bond acceptors (Lipinski definition) is 2. The lowest BCUT2D eigenvalue weighted by Gasteiger charge is -2.14. The van der Waals surface area contributed by atoms with Crippen molar-refractivity contribution in [3.8, 4) is 0 Å². The van der Waals surface area contributed by atoms with Crippen molar-refractivity contribution in [3.05, 3.63) is 41.5 Å². The predicted octanol–water partition coefficient (Wildman–Crippen LogP) is 3.14. The van der Waals surface area contributed by atoms with Gasteiger partial charge in [0, 0.05) is 0 Å². The zero-order valence-corrected chi connectivity index (χ0v) is 9.83. The van der Waals surface area contributed by atoms with Crippen LogP contribution in [0.5, 0.6) is 0 Å². The van der Waals surface area contributed by atoms with Crippen molar-refractivity contribution < 1.29 is 0 Å². The van der Waals surface area contributed by atoms with Gasteiger partial charge in [0.05, 0.1) is 11.4 Å². The molecule has 0 saturated heterocycles. The van der Waals surface area contributed by atoms with Crippen LogP contribution in [-0.4, -0.2) is 0 Å². The van der Waals surface area contributed by atoms with Gasteiger partial charge in [-0.1, -0.05) is 25.2 Å². The molecule has 0 saturated carbocycles. The van der Waals surface area contributed by atoms with Crippen LogP contribution in [0.25, 0.3) is 5.57 Å². The minimum absolute atomic E-state index is 0.635. The zero-order valence-electron chi connectivity index (χ0n) is 9.83. The average molecular weight is 214 g/mol. The Morgan fingerprint density at radius 2 is 2.00 bits per heavy atom. The molecule has 2 nitrogen and oxygen atoms in total. The smallest absolute Gasteiger partial charge is 0.0577 e. The van der Waals surface area contributed by atoms with Gasteiger partial charge in [0.15, 0.2) is 0 Å². The summed E-state index contributed by atoms with van der Waals surface area (Å²) in [6.45, 7) is 4.21. The Bertz CT molecular complexity index is 447. The van der Waals surface area contributed by atoms with E-state index in [1.807, 2.05) is 13.0 Å². The van der Waals surface area contributed by atoms with Crippen LogP contribution >= 0.6 is 0 Å². The average Bonchev–Trinajstić information content (AvgIpc) is 2.26. The van der Waals surface area contributed by atoms with Gasteiger partial charge in [-0.25, -0.2) is 0 Å². The second-order valence-corrected chi connectivity index (χ2v) is 4.53. The fourth-order valence-electron chi connectivity index (χ4n) is 1.93. The van der Waals surface area contributed by atoms with Crippen LogP contribution in [0.15, 0.2) is 30.4 Å². The maximum absolute atomic E-state index is 5.88. The molecule has 1 atom stereocenters. The van der Waals surface area contributed by atoms with Crippen molar-refractivity contribution in [3.63, 3.8) is 0 Å². The highest BCUT2D eigenvalue weighted by Gasteiger charge is 2.08. The molecule has 0 heterocycles. The van der Waals surface area contributed by atoms with Gasteiger partial charge in [0.25, 0.3) is 0 Å². The fourth-order valence-corrected chi connectivity index (χ4v) is 1.93. The molecule has 0 amide bonds. The van der Waals surface area contributed by atoms with E-state index in [9.17, 15) is 0 Å². The minimum Gasteiger partial charge on any atom is -0.397 e. The minimum atomic E-state index is 0.635. The predicted molar refractivity (Wildman–Crippen MR) is 70.9 cm³/mol. The van der Waals surface area contributed by atoms with Gasteiger partial charge in [0.2, 0.25) is 0 Å². The Morgan fingerprint density at radius 3 is 2.56 bits per heavy atom. The summed E-state index contributed by atoms with van der Waals surface area (Å²) in [5.74, 6) is 0.635. The first-order valence-electron chi connectivity index (χ1n) is 5.62. The zero-order chi connectivity index (χ0) is 11.7. The third kappa shape index (κ3) is 1.96. The molecular formula is C14H18N2. The Labute approximate surface area is 96.6 Å². The molecule has 2 heteroatoms. The van der Waals surface area contributed by atoms with E-state index in [-0.39, 0.29) is 0 Å². The summed E-state index contributed by atoms with van der Waals surface area (Å²) in [5, 5.41) is 0. The van der Waals surface area contributed by atoms with Crippen LogP contribution in [0.1, 0.15) is 24.5 Å². The molecule has 1 aromatic rings. The first-order chi connectivity index (χ1) is 7.58. The van der Waals surface area contributed by atoms with E-state index in [1.54, 1.807) is 0 Å². The van der Waals surface area contributed by atoms with Gasteiger partial charge in [-0.2, -0.15) is 0 Å². The summed E-state index contributed by atoms with van der Waals surface area (Å²) in [7, 11) is 0. The van der Waals surface area contributed by atoms with E-state index in [0.717, 1.165) is 17.5 Å². The van der Waals surface area contributed by atoms with Crippen LogP contribution in [0.2, 0.25) is 0 Å². The molecule has 0 radical (unpaired) electrons. The van der Waals surface area contributed by atoms with Crippen molar-refractivity contribution in [2.75, 3.05) is 11.5 Å². The van der Waals surface area contributed by atoms with Gasteiger partial charge in [0.1, 0.15) is 0 Å². The molecule has 0 aliphatic heterocycles. The summed E-state index contributed by atoms with van der Waals surface area (Å²) in [6, 6.07) is 4.05. The molecule has 4 N–H and O–H groups in total. The van der Waals surface area contributed by atoms with E-state index >= 15 is 0 Å². The molecule has 1 unspecified atom stereocenters. The van der Waals surface area contributed by atoms with Crippen molar-refractivity contribution in [2.24, 2.45) is 5.92 Å². The van der Waals surface area contributed by atoms with Gasteiger partial charge in [-0.05, 0) is 48.1 Å². The molecule has 0 fully saturated rings. The molecule has 84 valence electrons. The van der Waals surface area contributed by atoms with Gasteiger partial charge < -0.3 is 11.5 Å². The number of nitrogens with two attached hydrogens (primary N) is 2. The van der Waals surface area contributed by atoms with E-state index in [2.05, 4.69) is 31.2 Å². The first-order valence-corrected chi connectivity index (χ1v) is 5.62. The van der Waals surface area contributed by atoms with E-state index < -0.39 is 0 Å². The largest absolute Gasteiger partial charge is 0.397 e. The summed E-state index contributed by atoms with van der Waals surface area (Å²) in [6.07, 6.45) is 7.75. The van der Waals surface area contributed by atoms with Gasteiger partial charge in [-0.15, -0.1) is 0 Å². The summed E-state index contributed by atoms with van der Waals surface area (Å²) in [4.78, 5) is 0. The van der Waals surface area contributed by atoms with Crippen LogP contribution in [0.3, 0.4) is 0 Å². The third-order valence-corrected chi connectivity index (χ3v) is 3.07. The van der Waals surface area contributed by atoms with Crippen LogP contribution in [0, 0.1) is 12.8 Å². The quantitative estimate of drug-likeness (QED) is 0.706. The summed E-state index contributed by atoms with van der Waals surface area (Å²) < 4.78 is 0. The standard InChI is InChI=1S/C14H18N2/c1-9-3-5-11(6-4-9)12-7-10(2)14(16)13(15)8-12/h3,5-9H,4,15-16H2,1-2H3. The summed E-state index contributed by atoms with van der Waals surface area (Å²) in [5.41, 5.74) is 16.5. The SMILES string of the molecule is Cc1cc(C2=CCC(C)C=C2)cc(N)c1N. The molecule has 1 aliphatic carbocycles. The number of benzene rings is 1. The van der Waals surface area contributed by atoms with Crippen molar-refractivity contribution >= 4 is 16.9 Å². The highest BCUT2D eigenvalue weighted by molar-refractivity contribution is 5.81. The highest BCUT2D eigenvalue weighted by atomic mass is 14.7. The van der Waals surface area contributed by atoms with E-state index in [0.29, 0.717) is 17.3 Å². The van der Waals surface area contributed by atoms with E-state index in [4.69, 9.17) is 11.5 Å². The molecule has 1 aromatic carbocycles. The molecule has 0 spiro atoms. The maximum Gasteiger partial charge on any atom is 0.0577 e. The third-order valence-electron chi connectivity index (χ3n) is 3.07. The number of aryl methyl sites for hydroxylation is 1. The van der Waals surface area contributed by atoms with Crippen LogP contribution in [-0.2, 0) is 0 Å². The van der Waals surface area contributed by atoms with Crippen molar-refractivity contribution in [1.29, 1.82) is 0 Å². The van der Waals surface area contributed by atoms with Crippen LogP contribution < -0.4 is 11.5 Å².